The van der Waals surface area contributed by atoms with Crippen molar-refractivity contribution in [2.45, 2.75) is 32.7 Å². The molecule has 0 unspecified atom stereocenters. The van der Waals surface area contributed by atoms with E-state index in [4.69, 9.17) is 9.47 Å². The van der Waals surface area contributed by atoms with Crippen molar-refractivity contribution in [3.8, 4) is 11.5 Å². The highest BCUT2D eigenvalue weighted by Gasteiger charge is 2.21. The van der Waals surface area contributed by atoms with Gasteiger partial charge in [-0.1, -0.05) is 50.2 Å². The van der Waals surface area contributed by atoms with Crippen LogP contribution in [0.2, 0.25) is 0 Å². The number of amides is 1. The number of benzene rings is 2. The summed E-state index contributed by atoms with van der Waals surface area (Å²) in [6, 6.07) is 16.0. The Morgan fingerprint density at radius 3 is 2.48 bits per heavy atom. The highest BCUT2D eigenvalue weighted by molar-refractivity contribution is 5.76. The molecule has 0 saturated heterocycles. The second-order valence-electron chi connectivity index (χ2n) is 6.68. The van der Waals surface area contributed by atoms with Crippen molar-refractivity contribution in [2.24, 2.45) is 5.92 Å². The first-order valence-corrected chi connectivity index (χ1v) is 8.86. The van der Waals surface area contributed by atoms with Crippen LogP contribution in [0, 0.1) is 5.92 Å². The Hall–Kier alpha value is -2.49. The first kappa shape index (κ1) is 17.3. The highest BCUT2D eigenvalue weighted by atomic mass is 16.6. The molecule has 0 aliphatic carbocycles. The van der Waals surface area contributed by atoms with Crippen molar-refractivity contribution < 1.29 is 14.3 Å². The minimum Gasteiger partial charge on any atom is -0.486 e. The van der Waals surface area contributed by atoms with E-state index in [9.17, 15) is 4.79 Å². The number of carbonyl (C=O) groups excluding carboxylic acids is 1. The van der Waals surface area contributed by atoms with E-state index in [1.807, 2.05) is 48.5 Å². The number of ether oxygens (including phenoxy) is 2. The van der Waals surface area contributed by atoms with Gasteiger partial charge in [0.2, 0.25) is 5.91 Å². The third-order valence-electron chi connectivity index (χ3n) is 4.39. The number of hydrogen-bond donors (Lipinski definition) is 1. The third kappa shape index (κ3) is 4.53. The molecule has 1 amide bonds. The lowest BCUT2D eigenvalue weighted by atomic mass is 9.95. The maximum Gasteiger partial charge on any atom is 0.220 e. The molecule has 1 aliphatic rings. The summed E-state index contributed by atoms with van der Waals surface area (Å²) in [5.41, 5.74) is 2.23. The summed E-state index contributed by atoms with van der Waals surface area (Å²) in [6.07, 6.45) is 1.23. The zero-order chi connectivity index (χ0) is 17.6. The van der Waals surface area contributed by atoms with Gasteiger partial charge in [-0.2, -0.15) is 0 Å². The van der Waals surface area contributed by atoms with E-state index < -0.39 is 0 Å². The third-order valence-corrected chi connectivity index (χ3v) is 4.39. The van der Waals surface area contributed by atoms with Crippen LogP contribution in [0.3, 0.4) is 0 Å². The SMILES string of the molecule is CC(C)[C@@H](NC(=O)CCc1ccccc1)c1ccc2c(c1)OCCO2. The van der Waals surface area contributed by atoms with Crippen LogP contribution in [0.5, 0.6) is 11.5 Å². The van der Waals surface area contributed by atoms with Crippen LogP contribution in [-0.2, 0) is 11.2 Å². The van der Waals surface area contributed by atoms with E-state index in [-0.39, 0.29) is 17.9 Å². The topological polar surface area (TPSA) is 47.6 Å². The summed E-state index contributed by atoms with van der Waals surface area (Å²) < 4.78 is 11.2. The van der Waals surface area contributed by atoms with Gasteiger partial charge in [0, 0.05) is 6.42 Å². The second-order valence-corrected chi connectivity index (χ2v) is 6.68. The Kier molecular flexibility index (Phi) is 5.59. The Bertz CT molecular complexity index is 712. The highest BCUT2D eigenvalue weighted by Crippen LogP contribution is 2.34. The average Bonchev–Trinajstić information content (AvgIpc) is 2.64. The van der Waals surface area contributed by atoms with Gasteiger partial charge in [-0.05, 0) is 35.6 Å². The summed E-state index contributed by atoms with van der Waals surface area (Å²) in [6.45, 7) is 5.36. The molecule has 0 spiro atoms. The minimum absolute atomic E-state index is 0.0425. The summed E-state index contributed by atoms with van der Waals surface area (Å²) in [5.74, 6) is 1.88. The first-order valence-electron chi connectivity index (χ1n) is 8.86. The Morgan fingerprint density at radius 1 is 1.04 bits per heavy atom. The van der Waals surface area contributed by atoms with E-state index in [1.165, 1.54) is 5.56 Å². The number of aryl methyl sites for hydroxylation is 1. The van der Waals surface area contributed by atoms with Crippen molar-refractivity contribution in [2.75, 3.05) is 13.2 Å². The molecule has 4 heteroatoms. The molecule has 2 aromatic rings. The van der Waals surface area contributed by atoms with E-state index in [2.05, 4.69) is 19.2 Å². The molecule has 2 aromatic carbocycles. The van der Waals surface area contributed by atoms with Gasteiger partial charge in [0.1, 0.15) is 13.2 Å². The fourth-order valence-corrected chi connectivity index (χ4v) is 3.04. The maximum atomic E-state index is 12.4. The molecule has 0 fully saturated rings. The summed E-state index contributed by atoms with van der Waals surface area (Å²) >= 11 is 0. The Balaban J connectivity index is 1.65. The molecular formula is C21H25NO3. The van der Waals surface area contributed by atoms with Crippen LogP contribution >= 0.6 is 0 Å². The molecule has 1 heterocycles. The van der Waals surface area contributed by atoms with Crippen molar-refractivity contribution in [3.63, 3.8) is 0 Å². The molecule has 25 heavy (non-hydrogen) atoms. The number of fused-ring (bicyclic) bond motifs is 1. The van der Waals surface area contributed by atoms with Crippen LogP contribution in [0.4, 0.5) is 0 Å². The zero-order valence-corrected chi connectivity index (χ0v) is 14.8. The van der Waals surface area contributed by atoms with Crippen molar-refractivity contribution in [3.05, 3.63) is 59.7 Å². The van der Waals surface area contributed by atoms with E-state index in [0.717, 1.165) is 23.5 Å². The van der Waals surface area contributed by atoms with Crippen LogP contribution < -0.4 is 14.8 Å². The smallest absolute Gasteiger partial charge is 0.220 e. The molecule has 0 bridgehead atoms. The van der Waals surface area contributed by atoms with Gasteiger partial charge in [0.25, 0.3) is 0 Å². The largest absolute Gasteiger partial charge is 0.486 e. The fourth-order valence-electron chi connectivity index (χ4n) is 3.04. The lowest BCUT2D eigenvalue weighted by molar-refractivity contribution is -0.122. The quantitative estimate of drug-likeness (QED) is 0.868. The van der Waals surface area contributed by atoms with Gasteiger partial charge in [-0.25, -0.2) is 0 Å². The first-order chi connectivity index (χ1) is 12.1. The van der Waals surface area contributed by atoms with Crippen molar-refractivity contribution in [1.29, 1.82) is 0 Å². The van der Waals surface area contributed by atoms with Gasteiger partial charge in [0.15, 0.2) is 11.5 Å². The van der Waals surface area contributed by atoms with Crippen LogP contribution in [0.1, 0.15) is 37.4 Å². The predicted octanol–water partition coefficient (Wildman–Crippen LogP) is 3.90. The molecule has 1 atom stereocenters. The monoisotopic (exact) mass is 339 g/mol. The van der Waals surface area contributed by atoms with Gasteiger partial charge in [-0.15, -0.1) is 0 Å². The standard InChI is InChI=1S/C21H25NO3/c1-15(2)21(17-9-10-18-19(14-17)25-13-12-24-18)22-20(23)11-8-16-6-4-3-5-7-16/h3-7,9-10,14-15,21H,8,11-13H2,1-2H3,(H,22,23)/t21-/m1/s1. The molecular weight excluding hydrogens is 314 g/mol. The number of hydrogen-bond acceptors (Lipinski definition) is 3. The molecule has 1 aliphatic heterocycles. The molecule has 132 valence electrons. The van der Waals surface area contributed by atoms with Crippen molar-refractivity contribution in [1.82, 2.24) is 5.32 Å². The van der Waals surface area contributed by atoms with E-state index in [0.29, 0.717) is 19.6 Å². The summed E-state index contributed by atoms with van der Waals surface area (Å²) in [5, 5.41) is 3.17. The van der Waals surface area contributed by atoms with Gasteiger partial charge >= 0.3 is 0 Å². The van der Waals surface area contributed by atoms with E-state index in [1.54, 1.807) is 0 Å². The second kappa shape index (κ2) is 8.06. The number of carbonyl (C=O) groups is 1. The van der Waals surface area contributed by atoms with Crippen LogP contribution in [0.15, 0.2) is 48.5 Å². The predicted molar refractivity (Wildman–Crippen MR) is 97.9 cm³/mol. The Morgan fingerprint density at radius 2 is 1.76 bits per heavy atom. The molecule has 1 N–H and O–H groups in total. The molecule has 0 aromatic heterocycles. The van der Waals surface area contributed by atoms with E-state index >= 15 is 0 Å². The molecule has 0 radical (unpaired) electrons. The average molecular weight is 339 g/mol. The lowest BCUT2D eigenvalue weighted by Gasteiger charge is -2.25. The molecule has 0 saturated carbocycles. The summed E-state index contributed by atoms with van der Waals surface area (Å²) in [7, 11) is 0. The lowest BCUT2D eigenvalue weighted by Crippen LogP contribution is -2.32. The van der Waals surface area contributed by atoms with Crippen LogP contribution in [0.25, 0.3) is 0 Å². The zero-order valence-electron chi connectivity index (χ0n) is 14.8. The summed E-state index contributed by atoms with van der Waals surface area (Å²) in [4.78, 5) is 12.4. The maximum absolute atomic E-state index is 12.4. The van der Waals surface area contributed by atoms with Crippen molar-refractivity contribution >= 4 is 5.91 Å². The normalized spacial score (nSPS) is 14.2. The molecule has 4 nitrogen and oxygen atoms in total. The minimum atomic E-state index is -0.0425. The van der Waals surface area contributed by atoms with Gasteiger partial charge in [-0.3, -0.25) is 4.79 Å². The molecule has 3 rings (SSSR count). The van der Waals surface area contributed by atoms with Gasteiger partial charge in [0.05, 0.1) is 6.04 Å². The fraction of sp³-hybridized carbons (Fsp3) is 0.381. The Labute approximate surface area is 149 Å². The van der Waals surface area contributed by atoms with Gasteiger partial charge < -0.3 is 14.8 Å². The number of nitrogens with one attached hydrogen (secondary N) is 1. The van der Waals surface area contributed by atoms with Crippen LogP contribution in [-0.4, -0.2) is 19.1 Å². The number of rotatable bonds is 6.